The van der Waals surface area contributed by atoms with Crippen LogP contribution in [0.25, 0.3) is 0 Å². The van der Waals surface area contributed by atoms with Crippen LogP contribution < -0.4 is 5.32 Å². The number of H-pyrrole nitrogens is 1. The molecule has 3 N–H and O–H groups in total. The van der Waals surface area contributed by atoms with Crippen LogP contribution in [-0.4, -0.2) is 34.4 Å². The maximum absolute atomic E-state index is 12.2. The van der Waals surface area contributed by atoms with E-state index in [0.29, 0.717) is 29.0 Å². The van der Waals surface area contributed by atoms with Gasteiger partial charge in [-0.2, -0.15) is 0 Å². The first-order valence-electron chi connectivity index (χ1n) is 7.70. The molecule has 1 amide bonds. The van der Waals surface area contributed by atoms with E-state index in [0.717, 1.165) is 0 Å². The van der Waals surface area contributed by atoms with Crippen molar-refractivity contribution in [3.05, 3.63) is 59.4 Å². The summed E-state index contributed by atoms with van der Waals surface area (Å²) in [7, 11) is 0. The standard InChI is InChI=1S/C18H22N2O3/c1-12(2)9-16(11-21)20-18(23)14-5-3-13(4-6-14)17(22)15-7-8-19-10-15/h3-8,10,12,16,19,21H,9,11H2,1-2H3,(H,20,23). The summed E-state index contributed by atoms with van der Waals surface area (Å²) in [6.45, 7) is 3.99. The number of rotatable bonds is 7. The summed E-state index contributed by atoms with van der Waals surface area (Å²) in [6, 6.07) is 7.98. The molecule has 1 aromatic carbocycles. The van der Waals surface area contributed by atoms with Gasteiger partial charge in [-0.1, -0.05) is 26.0 Å². The lowest BCUT2D eigenvalue weighted by Crippen LogP contribution is -2.38. The minimum Gasteiger partial charge on any atom is -0.394 e. The Bertz CT molecular complexity index is 645. The van der Waals surface area contributed by atoms with Crippen LogP contribution in [0, 0.1) is 5.92 Å². The van der Waals surface area contributed by atoms with Crippen molar-refractivity contribution in [2.45, 2.75) is 26.3 Å². The Morgan fingerprint density at radius 1 is 1.09 bits per heavy atom. The minimum atomic E-state index is -0.260. The lowest BCUT2D eigenvalue weighted by atomic mass is 10.0. The summed E-state index contributed by atoms with van der Waals surface area (Å²) in [4.78, 5) is 27.2. The molecule has 0 spiro atoms. The number of ketones is 1. The quantitative estimate of drug-likeness (QED) is 0.686. The van der Waals surface area contributed by atoms with Crippen LogP contribution in [0.1, 0.15) is 46.5 Å². The molecular weight excluding hydrogens is 292 g/mol. The van der Waals surface area contributed by atoms with E-state index in [9.17, 15) is 14.7 Å². The Hall–Kier alpha value is -2.40. The maximum Gasteiger partial charge on any atom is 0.251 e. The third kappa shape index (κ3) is 4.53. The van der Waals surface area contributed by atoms with Crippen molar-refractivity contribution >= 4 is 11.7 Å². The molecule has 5 nitrogen and oxygen atoms in total. The topological polar surface area (TPSA) is 82.2 Å². The second kappa shape index (κ2) is 7.74. The van der Waals surface area contributed by atoms with Gasteiger partial charge in [-0.15, -0.1) is 0 Å². The monoisotopic (exact) mass is 314 g/mol. The summed E-state index contributed by atoms with van der Waals surface area (Å²) in [5, 5.41) is 12.1. The molecule has 1 atom stereocenters. The molecule has 23 heavy (non-hydrogen) atoms. The lowest BCUT2D eigenvalue weighted by molar-refractivity contribution is 0.0907. The van der Waals surface area contributed by atoms with Crippen molar-refractivity contribution in [2.24, 2.45) is 5.92 Å². The largest absolute Gasteiger partial charge is 0.394 e. The first-order valence-corrected chi connectivity index (χ1v) is 7.70. The molecule has 0 fully saturated rings. The average molecular weight is 314 g/mol. The molecule has 2 aromatic rings. The van der Waals surface area contributed by atoms with Crippen molar-refractivity contribution in [1.82, 2.24) is 10.3 Å². The molecule has 0 radical (unpaired) electrons. The van der Waals surface area contributed by atoms with Gasteiger partial charge in [0.2, 0.25) is 0 Å². The highest BCUT2D eigenvalue weighted by molar-refractivity contribution is 6.09. The van der Waals surface area contributed by atoms with Gasteiger partial charge in [-0.05, 0) is 30.5 Å². The number of carbonyl (C=O) groups excluding carboxylic acids is 2. The molecule has 122 valence electrons. The summed E-state index contributed by atoms with van der Waals surface area (Å²) in [5.41, 5.74) is 1.58. The van der Waals surface area contributed by atoms with Gasteiger partial charge in [0.1, 0.15) is 0 Å². The van der Waals surface area contributed by atoms with Crippen LogP contribution in [0.4, 0.5) is 0 Å². The normalized spacial score (nSPS) is 12.2. The van der Waals surface area contributed by atoms with Crippen molar-refractivity contribution in [3.8, 4) is 0 Å². The zero-order valence-corrected chi connectivity index (χ0v) is 13.4. The van der Waals surface area contributed by atoms with E-state index >= 15 is 0 Å². The molecule has 0 aliphatic rings. The molecule has 0 saturated carbocycles. The van der Waals surface area contributed by atoms with E-state index in [1.54, 1.807) is 42.7 Å². The minimum absolute atomic E-state index is 0.0893. The Kier molecular flexibility index (Phi) is 5.71. The lowest BCUT2D eigenvalue weighted by Gasteiger charge is -2.18. The molecule has 1 aromatic heterocycles. The second-order valence-electron chi connectivity index (χ2n) is 5.99. The van der Waals surface area contributed by atoms with E-state index in [1.165, 1.54) is 0 Å². The molecule has 1 heterocycles. The van der Waals surface area contributed by atoms with Crippen LogP contribution in [0.15, 0.2) is 42.7 Å². The molecule has 1 unspecified atom stereocenters. The Morgan fingerprint density at radius 3 is 2.26 bits per heavy atom. The summed E-state index contributed by atoms with van der Waals surface area (Å²) < 4.78 is 0. The molecule has 0 bridgehead atoms. The van der Waals surface area contributed by atoms with Crippen molar-refractivity contribution in [3.63, 3.8) is 0 Å². The molecule has 0 aliphatic carbocycles. The fourth-order valence-electron chi connectivity index (χ4n) is 2.42. The van der Waals surface area contributed by atoms with Gasteiger partial charge in [0, 0.05) is 29.1 Å². The number of aliphatic hydroxyl groups excluding tert-OH is 1. The van der Waals surface area contributed by atoms with E-state index < -0.39 is 0 Å². The summed E-state index contributed by atoms with van der Waals surface area (Å²) in [5.74, 6) is 0.0467. The zero-order chi connectivity index (χ0) is 16.8. The number of hydrogen-bond donors (Lipinski definition) is 3. The van der Waals surface area contributed by atoms with E-state index in [4.69, 9.17) is 0 Å². The highest BCUT2D eigenvalue weighted by atomic mass is 16.3. The smallest absolute Gasteiger partial charge is 0.251 e. The third-order valence-corrected chi connectivity index (χ3v) is 3.58. The van der Waals surface area contributed by atoms with Gasteiger partial charge in [0.05, 0.1) is 12.6 Å². The number of aliphatic hydroxyl groups is 1. The average Bonchev–Trinajstić information content (AvgIpc) is 3.07. The van der Waals surface area contributed by atoms with Crippen molar-refractivity contribution < 1.29 is 14.7 Å². The first-order chi connectivity index (χ1) is 11.0. The highest BCUT2D eigenvalue weighted by Crippen LogP contribution is 2.11. The maximum atomic E-state index is 12.2. The van der Waals surface area contributed by atoms with Gasteiger partial charge in [-0.25, -0.2) is 0 Å². The molecular formula is C18H22N2O3. The van der Waals surface area contributed by atoms with Gasteiger partial charge >= 0.3 is 0 Å². The predicted molar refractivity (Wildman–Crippen MR) is 88.5 cm³/mol. The number of hydrogen-bond acceptors (Lipinski definition) is 3. The van der Waals surface area contributed by atoms with Gasteiger partial charge in [0.25, 0.3) is 5.91 Å². The van der Waals surface area contributed by atoms with Crippen LogP contribution >= 0.6 is 0 Å². The highest BCUT2D eigenvalue weighted by Gasteiger charge is 2.15. The van der Waals surface area contributed by atoms with Crippen LogP contribution in [0.5, 0.6) is 0 Å². The van der Waals surface area contributed by atoms with E-state index in [1.807, 2.05) is 13.8 Å². The van der Waals surface area contributed by atoms with Crippen LogP contribution in [0.2, 0.25) is 0 Å². The summed E-state index contributed by atoms with van der Waals surface area (Å²) >= 11 is 0. The molecule has 2 rings (SSSR count). The molecule has 0 aliphatic heterocycles. The number of aromatic nitrogens is 1. The Labute approximate surface area is 135 Å². The van der Waals surface area contributed by atoms with Gasteiger partial charge in [0.15, 0.2) is 5.78 Å². The molecule has 0 saturated heterocycles. The zero-order valence-electron chi connectivity index (χ0n) is 13.4. The third-order valence-electron chi connectivity index (χ3n) is 3.58. The molecule has 5 heteroatoms. The fraction of sp³-hybridized carbons (Fsp3) is 0.333. The van der Waals surface area contributed by atoms with Crippen molar-refractivity contribution in [2.75, 3.05) is 6.61 Å². The number of benzene rings is 1. The van der Waals surface area contributed by atoms with Gasteiger partial charge < -0.3 is 15.4 Å². The Balaban J connectivity index is 2.04. The number of amides is 1. The van der Waals surface area contributed by atoms with E-state index in [-0.39, 0.29) is 24.3 Å². The fourth-order valence-corrected chi connectivity index (χ4v) is 2.42. The number of nitrogens with one attached hydrogen (secondary N) is 2. The first kappa shape index (κ1) is 17.0. The number of carbonyl (C=O) groups is 2. The predicted octanol–water partition coefficient (Wildman–Crippen LogP) is 2.38. The number of aromatic amines is 1. The van der Waals surface area contributed by atoms with Crippen LogP contribution in [-0.2, 0) is 0 Å². The van der Waals surface area contributed by atoms with Gasteiger partial charge in [-0.3, -0.25) is 9.59 Å². The summed E-state index contributed by atoms with van der Waals surface area (Å²) in [6.07, 6.45) is 4.05. The second-order valence-corrected chi connectivity index (χ2v) is 5.99. The SMILES string of the molecule is CC(C)CC(CO)NC(=O)c1ccc(C(=O)c2cc[nH]c2)cc1. The van der Waals surface area contributed by atoms with Crippen LogP contribution in [0.3, 0.4) is 0 Å². The Morgan fingerprint density at radius 2 is 1.74 bits per heavy atom. The van der Waals surface area contributed by atoms with E-state index in [2.05, 4.69) is 10.3 Å². The van der Waals surface area contributed by atoms with Crippen molar-refractivity contribution in [1.29, 1.82) is 0 Å².